The van der Waals surface area contributed by atoms with E-state index in [9.17, 15) is 9.59 Å². The molecule has 134 valence electrons. The fourth-order valence-electron chi connectivity index (χ4n) is 3.93. The number of carbonyl (C=O) groups is 2. The van der Waals surface area contributed by atoms with E-state index in [2.05, 4.69) is 6.92 Å². The first-order chi connectivity index (χ1) is 12.6. The SMILES string of the molecule is CCC[C@@H]1[C@@H]2C(=O)N(c3cccc(C)c3)C(=O)[C@@H]2ON1c1ccccc1. The van der Waals surface area contributed by atoms with Gasteiger partial charge in [-0.15, -0.1) is 0 Å². The number of nitrogens with zero attached hydrogens (tertiary/aromatic N) is 2. The smallest absolute Gasteiger partial charge is 0.266 e. The van der Waals surface area contributed by atoms with E-state index in [0.717, 1.165) is 24.1 Å². The van der Waals surface area contributed by atoms with Gasteiger partial charge in [0.2, 0.25) is 5.91 Å². The van der Waals surface area contributed by atoms with Gasteiger partial charge in [0.25, 0.3) is 5.91 Å². The Kier molecular flexibility index (Phi) is 4.24. The van der Waals surface area contributed by atoms with Gasteiger partial charge in [0, 0.05) is 0 Å². The highest BCUT2D eigenvalue weighted by Gasteiger charge is 2.59. The topological polar surface area (TPSA) is 49.9 Å². The van der Waals surface area contributed by atoms with Gasteiger partial charge in [-0.2, -0.15) is 0 Å². The Morgan fingerprint density at radius 3 is 2.38 bits per heavy atom. The molecule has 2 saturated heterocycles. The number of benzene rings is 2. The van der Waals surface area contributed by atoms with Crippen LogP contribution in [0.15, 0.2) is 54.6 Å². The summed E-state index contributed by atoms with van der Waals surface area (Å²) in [7, 11) is 0. The van der Waals surface area contributed by atoms with Crippen LogP contribution in [0, 0.1) is 12.8 Å². The molecule has 2 aromatic carbocycles. The molecule has 0 aromatic heterocycles. The summed E-state index contributed by atoms with van der Waals surface area (Å²) in [5.41, 5.74) is 2.51. The molecule has 26 heavy (non-hydrogen) atoms. The molecule has 2 aliphatic heterocycles. The molecule has 0 unspecified atom stereocenters. The monoisotopic (exact) mass is 350 g/mol. The lowest BCUT2D eigenvalue weighted by molar-refractivity contribution is -0.126. The molecule has 4 rings (SSSR count). The van der Waals surface area contributed by atoms with Gasteiger partial charge in [-0.05, 0) is 43.2 Å². The molecule has 0 bridgehead atoms. The second kappa shape index (κ2) is 6.57. The maximum absolute atomic E-state index is 13.2. The number of aryl methyl sites for hydroxylation is 1. The van der Waals surface area contributed by atoms with Crippen molar-refractivity contribution in [3.63, 3.8) is 0 Å². The lowest BCUT2D eigenvalue weighted by Gasteiger charge is -2.28. The van der Waals surface area contributed by atoms with Gasteiger partial charge < -0.3 is 0 Å². The number of anilines is 2. The van der Waals surface area contributed by atoms with E-state index in [1.165, 1.54) is 4.90 Å². The molecule has 2 heterocycles. The van der Waals surface area contributed by atoms with Gasteiger partial charge in [0.1, 0.15) is 0 Å². The summed E-state index contributed by atoms with van der Waals surface area (Å²) in [5.74, 6) is -0.907. The normalized spacial score (nSPS) is 25.1. The summed E-state index contributed by atoms with van der Waals surface area (Å²) in [5, 5.41) is 1.77. The number of hydrogen-bond acceptors (Lipinski definition) is 4. The average molecular weight is 350 g/mol. The van der Waals surface area contributed by atoms with Crippen molar-refractivity contribution in [3.8, 4) is 0 Å². The van der Waals surface area contributed by atoms with Gasteiger partial charge in [0.05, 0.1) is 23.3 Å². The van der Waals surface area contributed by atoms with Crippen LogP contribution in [0.2, 0.25) is 0 Å². The zero-order valence-corrected chi connectivity index (χ0v) is 15.0. The van der Waals surface area contributed by atoms with E-state index in [1.807, 2.05) is 55.5 Å². The van der Waals surface area contributed by atoms with E-state index in [1.54, 1.807) is 11.1 Å². The van der Waals surface area contributed by atoms with Crippen molar-refractivity contribution in [2.45, 2.75) is 38.8 Å². The molecule has 5 heteroatoms. The van der Waals surface area contributed by atoms with Crippen LogP contribution in [0.3, 0.4) is 0 Å². The van der Waals surface area contributed by atoms with Gasteiger partial charge in [-0.1, -0.05) is 43.7 Å². The van der Waals surface area contributed by atoms with Crippen LogP contribution in [0.25, 0.3) is 0 Å². The third-order valence-corrected chi connectivity index (χ3v) is 5.09. The zero-order chi connectivity index (χ0) is 18.3. The third kappa shape index (κ3) is 2.59. The first-order valence-electron chi connectivity index (χ1n) is 9.07. The number of rotatable bonds is 4. The minimum atomic E-state index is -0.750. The van der Waals surface area contributed by atoms with Crippen molar-refractivity contribution in [1.82, 2.24) is 0 Å². The minimum Gasteiger partial charge on any atom is -0.273 e. The lowest BCUT2D eigenvalue weighted by atomic mass is 9.93. The predicted octanol–water partition coefficient (Wildman–Crippen LogP) is 3.47. The molecule has 2 aliphatic rings. The molecular weight excluding hydrogens is 328 g/mol. The molecule has 0 spiro atoms. The molecule has 0 saturated carbocycles. The number of hydrogen-bond donors (Lipinski definition) is 0. The summed E-state index contributed by atoms with van der Waals surface area (Å²) in [6.07, 6.45) is 0.947. The molecular formula is C21H22N2O3. The van der Waals surface area contributed by atoms with Crippen molar-refractivity contribution >= 4 is 23.2 Å². The first-order valence-corrected chi connectivity index (χ1v) is 9.07. The molecule has 2 aromatic rings. The van der Waals surface area contributed by atoms with Crippen molar-refractivity contribution in [2.24, 2.45) is 5.92 Å². The number of fused-ring (bicyclic) bond motifs is 1. The molecule has 0 radical (unpaired) electrons. The number of imide groups is 1. The minimum absolute atomic E-state index is 0.140. The fourth-order valence-corrected chi connectivity index (χ4v) is 3.93. The summed E-state index contributed by atoms with van der Waals surface area (Å²) >= 11 is 0. The highest BCUT2D eigenvalue weighted by molar-refractivity contribution is 6.23. The van der Waals surface area contributed by atoms with Gasteiger partial charge in [-0.3, -0.25) is 14.4 Å². The van der Waals surface area contributed by atoms with Crippen molar-refractivity contribution in [2.75, 3.05) is 9.96 Å². The molecule has 5 nitrogen and oxygen atoms in total. The largest absolute Gasteiger partial charge is 0.273 e. The van der Waals surface area contributed by atoms with Crippen LogP contribution in [0.1, 0.15) is 25.3 Å². The fraction of sp³-hybridized carbons (Fsp3) is 0.333. The standard InChI is InChI=1S/C21H22N2O3/c1-3-8-17-18-19(26-23(17)15-10-5-4-6-11-15)21(25)22(20(18)24)16-12-7-9-14(2)13-16/h4-7,9-13,17-19H,3,8H2,1-2H3/t17-,18+,19-/m1/s1. The Labute approximate surface area is 153 Å². The highest BCUT2D eigenvalue weighted by Crippen LogP contribution is 2.41. The first kappa shape index (κ1) is 16.8. The molecule has 3 atom stereocenters. The number of amides is 2. The van der Waals surface area contributed by atoms with Gasteiger partial charge in [-0.25, -0.2) is 9.96 Å². The Morgan fingerprint density at radius 2 is 1.69 bits per heavy atom. The maximum Gasteiger partial charge on any atom is 0.266 e. The Hall–Kier alpha value is -2.66. The average Bonchev–Trinajstić information content (AvgIpc) is 3.13. The van der Waals surface area contributed by atoms with Crippen molar-refractivity contribution in [1.29, 1.82) is 0 Å². The quantitative estimate of drug-likeness (QED) is 0.792. The Morgan fingerprint density at radius 1 is 0.962 bits per heavy atom. The van der Waals surface area contributed by atoms with Crippen LogP contribution in [0.4, 0.5) is 11.4 Å². The van der Waals surface area contributed by atoms with Crippen molar-refractivity contribution < 1.29 is 14.4 Å². The summed E-state index contributed by atoms with van der Waals surface area (Å²) in [6, 6.07) is 17.0. The summed E-state index contributed by atoms with van der Waals surface area (Å²) in [4.78, 5) is 33.5. The van der Waals surface area contributed by atoms with E-state index in [-0.39, 0.29) is 17.9 Å². The second-order valence-corrected chi connectivity index (χ2v) is 6.92. The van der Waals surface area contributed by atoms with E-state index < -0.39 is 12.0 Å². The number of para-hydroxylation sites is 1. The van der Waals surface area contributed by atoms with Crippen LogP contribution >= 0.6 is 0 Å². The van der Waals surface area contributed by atoms with Crippen LogP contribution in [-0.2, 0) is 14.4 Å². The lowest BCUT2D eigenvalue weighted by Crippen LogP contribution is -2.40. The number of carbonyl (C=O) groups excluding carboxylic acids is 2. The van der Waals surface area contributed by atoms with Crippen molar-refractivity contribution in [3.05, 3.63) is 60.2 Å². The summed E-state index contributed by atoms with van der Waals surface area (Å²) < 4.78 is 0. The predicted molar refractivity (Wildman–Crippen MR) is 99.7 cm³/mol. The van der Waals surface area contributed by atoms with E-state index in [4.69, 9.17) is 4.84 Å². The molecule has 2 fully saturated rings. The highest BCUT2D eigenvalue weighted by atomic mass is 16.7. The van der Waals surface area contributed by atoms with E-state index >= 15 is 0 Å². The second-order valence-electron chi connectivity index (χ2n) is 6.92. The molecule has 0 aliphatic carbocycles. The van der Waals surface area contributed by atoms with Gasteiger partial charge in [0.15, 0.2) is 6.10 Å². The van der Waals surface area contributed by atoms with E-state index in [0.29, 0.717) is 5.69 Å². The maximum atomic E-state index is 13.2. The Balaban J connectivity index is 1.69. The number of hydroxylamine groups is 1. The molecule has 0 N–H and O–H groups in total. The van der Waals surface area contributed by atoms with Crippen LogP contribution in [0.5, 0.6) is 0 Å². The van der Waals surface area contributed by atoms with Crippen LogP contribution < -0.4 is 9.96 Å². The third-order valence-electron chi connectivity index (χ3n) is 5.09. The summed E-state index contributed by atoms with van der Waals surface area (Å²) in [6.45, 7) is 4.03. The van der Waals surface area contributed by atoms with Gasteiger partial charge >= 0.3 is 0 Å². The van der Waals surface area contributed by atoms with Crippen LogP contribution in [-0.4, -0.2) is 24.0 Å². The Bertz CT molecular complexity index is 836. The molecule has 2 amide bonds. The zero-order valence-electron chi connectivity index (χ0n) is 15.0.